The fraction of sp³-hybridized carbons (Fsp3) is 0.143. The number of nitrogens with one attached hydrogen (secondary N) is 1. The maximum Gasteiger partial charge on any atom is 0.254 e. The van der Waals surface area contributed by atoms with Crippen LogP contribution in [0.25, 0.3) is 0 Å². The van der Waals surface area contributed by atoms with Crippen LogP contribution in [0.15, 0.2) is 47.5 Å². The van der Waals surface area contributed by atoms with Crippen molar-refractivity contribution in [2.75, 3.05) is 6.54 Å². The molecule has 1 aromatic heterocycles. The number of aromatic nitrogens is 1. The third-order valence-corrected chi connectivity index (χ3v) is 2.87. The summed E-state index contributed by atoms with van der Waals surface area (Å²) in [6.45, 7) is 0.409. The average molecular weight is 276 g/mol. The molecule has 19 heavy (non-hydrogen) atoms. The molecule has 1 amide bonds. The highest BCUT2D eigenvalue weighted by molar-refractivity contribution is 7.80. The number of rotatable bonds is 4. The van der Waals surface area contributed by atoms with Crippen molar-refractivity contribution < 1.29 is 9.18 Å². The van der Waals surface area contributed by atoms with Crippen LogP contribution in [-0.4, -0.2) is 17.4 Å². The first-order valence-electron chi connectivity index (χ1n) is 5.83. The summed E-state index contributed by atoms with van der Waals surface area (Å²) in [6, 6.07) is 9.73. The molecule has 0 aliphatic heterocycles. The third-order valence-electron chi connectivity index (χ3n) is 2.59. The van der Waals surface area contributed by atoms with Gasteiger partial charge in [-0.1, -0.05) is 6.07 Å². The van der Waals surface area contributed by atoms with Crippen molar-refractivity contribution in [2.45, 2.75) is 11.3 Å². The van der Waals surface area contributed by atoms with Crippen molar-refractivity contribution in [2.24, 2.45) is 0 Å². The smallest absolute Gasteiger partial charge is 0.254 e. The van der Waals surface area contributed by atoms with E-state index in [1.54, 1.807) is 6.20 Å². The topological polar surface area (TPSA) is 42.0 Å². The van der Waals surface area contributed by atoms with Gasteiger partial charge in [0.25, 0.3) is 5.91 Å². The van der Waals surface area contributed by atoms with Gasteiger partial charge in [0, 0.05) is 29.8 Å². The lowest BCUT2D eigenvalue weighted by Crippen LogP contribution is -2.26. The standard InChI is InChI=1S/C14H13FN2OS/c15-13-5-4-11(19)9-12(13)14(18)17-8-6-10-3-1-2-7-16-10/h1-5,7,9,19H,6,8H2,(H,17,18). The molecule has 0 saturated heterocycles. The highest BCUT2D eigenvalue weighted by Gasteiger charge is 2.11. The van der Waals surface area contributed by atoms with Crippen LogP contribution in [0.1, 0.15) is 16.1 Å². The number of hydrogen-bond acceptors (Lipinski definition) is 3. The molecule has 0 fully saturated rings. The number of thiol groups is 1. The van der Waals surface area contributed by atoms with Gasteiger partial charge in [0.2, 0.25) is 0 Å². The summed E-state index contributed by atoms with van der Waals surface area (Å²) in [5.74, 6) is -0.988. The first kappa shape index (κ1) is 13.5. The molecule has 0 bridgehead atoms. The summed E-state index contributed by atoms with van der Waals surface area (Å²) in [5.41, 5.74) is 0.889. The van der Waals surface area contributed by atoms with Gasteiger partial charge < -0.3 is 5.32 Å². The van der Waals surface area contributed by atoms with E-state index in [2.05, 4.69) is 22.9 Å². The zero-order valence-corrected chi connectivity index (χ0v) is 11.0. The van der Waals surface area contributed by atoms with Gasteiger partial charge in [-0.15, -0.1) is 12.6 Å². The lowest BCUT2D eigenvalue weighted by molar-refractivity contribution is 0.0950. The Balaban J connectivity index is 1.93. The van der Waals surface area contributed by atoms with Crippen LogP contribution >= 0.6 is 12.6 Å². The van der Waals surface area contributed by atoms with E-state index in [4.69, 9.17) is 0 Å². The van der Waals surface area contributed by atoms with Crippen LogP contribution in [-0.2, 0) is 6.42 Å². The SMILES string of the molecule is O=C(NCCc1ccccn1)c1cc(S)ccc1F. The molecule has 0 atom stereocenters. The number of halogens is 1. The Labute approximate surface area is 116 Å². The Hall–Kier alpha value is -1.88. The van der Waals surface area contributed by atoms with Crippen molar-refractivity contribution in [3.63, 3.8) is 0 Å². The first-order chi connectivity index (χ1) is 9.16. The summed E-state index contributed by atoms with van der Waals surface area (Å²) < 4.78 is 13.5. The minimum atomic E-state index is -0.548. The van der Waals surface area contributed by atoms with E-state index in [9.17, 15) is 9.18 Å². The van der Waals surface area contributed by atoms with Crippen LogP contribution in [0.3, 0.4) is 0 Å². The van der Waals surface area contributed by atoms with E-state index in [1.165, 1.54) is 18.2 Å². The molecule has 0 aliphatic rings. The van der Waals surface area contributed by atoms with E-state index < -0.39 is 11.7 Å². The number of pyridine rings is 1. The number of carbonyl (C=O) groups excluding carboxylic acids is 1. The number of amides is 1. The Bertz CT molecular complexity index is 575. The van der Waals surface area contributed by atoms with Crippen LogP contribution in [0, 0.1) is 5.82 Å². The van der Waals surface area contributed by atoms with Gasteiger partial charge in [-0.3, -0.25) is 9.78 Å². The van der Waals surface area contributed by atoms with Crippen molar-refractivity contribution in [1.29, 1.82) is 0 Å². The summed E-state index contributed by atoms with van der Waals surface area (Å²) in [5, 5.41) is 2.66. The second-order valence-corrected chi connectivity index (χ2v) is 4.51. The van der Waals surface area contributed by atoms with E-state index in [-0.39, 0.29) is 5.56 Å². The van der Waals surface area contributed by atoms with E-state index in [0.717, 1.165) is 5.69 Å². The van der Waals surface area contributed by atoms with E-state index >= 15 is 0 Å². The molecule has 98 valence electrons. The largest absolute Gasteiger partial charge is 0.352 e. The van der Waals surface area contributed by atoms with Crippen molar-refractivity contribution in [3.05, 3.63) is 59.7 Å². The molecule has 1 aromatic carbocycles. The molecule has 1 heterocycles. The zero-order valence-electron chi connectivity index (χ0n) is 10.1. The minimum absolute atomic E-state index is 0.00789. The fourth-order valence-corrected chi connectivity index (χ4v) is 1.84. The molecule has 0 unspecified atom stereocenters. The molecule has 0 aliphatic carbocycles. The van der Waals surface area contributed by atoms with Crippen LogP contribution < -0.4 is 5.32 Å². The van der Waals surface area contributed by atoms with Crippen LogP contribution in [0.2, 0.25) is 0 Å². The second kappa shape index (κ2) is 6.33. The highest BCUT2D eigenvalue weighted by atomic mass is 32.1. The number of nitrogens with zero attached hydrogens (tertiary/aromatic N) is 1. The number of hydrogen-bond donors (Lipinski definition) is 2. The van der Waals surface area contributed by atoms with Gasteiger partial charge in [-0.05, 0) is 30.3 Å². The van der Waals surface area contributed by atoms with E-state index in [0.29, 0.717) is 17.9 Å². The molecule has 1 N–H and O–H groups in total. The third kappa shape index (κ3) is 3.79. The monoisotopic (exact) mass is 276 g/mol. The molecule has 0 radical (unpaired) electrons. The Morgan fingerprint density at radius 3 is 2.89 bits per heavy atom. The highest BCUT2D eigenvalue weighted by Crippen LogP contribution is 2.13. The molecule has 5 heteroatoms. The van der Waals surface area contributed by atoms with Crippen LogP contribution in [0.4, 0.5) is 4.39 Å². The molecule has 0 spiro atoms. The number of carbonyl (C=O) groups is 1. The fourth-order valence-electron chi connectivity index (χ4n) is 1.63. The Kier molecular flexibility index (Phi) is 4.52. The first-order valence-corrected chi connectivity index (χ1v) is 6.28. The number of benzene rings is 1. The average Bonchev–Trinajstić information content (AvgIpc) is 2.42. The van der Waals surface area contributed by atoms with Crippen molar-refractivity contribution >= 4 is 18.5 Å². The van der Waals surface area contributed by atoms with Crippen LogP contribution in [0.5, 0.6) is 0 Å². The second-order valence-electron chi connectivity index (χ2n) is 3.99. The molecule has 3 nitrogen and oxygen atoms in total. The van der Waals surface area contributed by atoms with Gasteiger partial charge in [0.15, 0.2) is 0 Å². The van der Waals surface area contributed by atoms with E-state index in [1.807, 2.05) is 18.2 Å². The molecular formula is C14H13FN2OS. The van der Waals surface area contributed by atoms with Gasteiger partial charge in [-0.25, -0.2) is 4.39 Å². The summed E-state index contributed by atoms with van der Waals surface area (Å²) in [4.78, 5) is 16.5. The minimum Gasteiger partial charge on any atom is -0.352 e. The van der Waals surface area contributed by atoms with Crippen molar-refractivity contribution in [1.82, 2.24) is 10.3 Å². The predicted octanol–water partition coefficient (Wildman–Crippen LogP) is 2.48. The normalized spacial score (nSPS) is 10.2. The predicted molar refractivity (Wildman–Crippen MR) is 73.9 cm³/mol. The van der Waals surface area contributed by atoms with Crippen molar-refractivity contribution in [3.8, 4) is 0 Å². The molecular weight excluding hydrogens is 263 g/mol. The molecule has 2 rings (SSSR count). The van der Waals surface area contributed by atoms with Gasteiger partial charge >= 0.3 is 0 Å². The van der Waals surface area contributed by atoms with Gasteiger partial charge in [-0.2, -0.15) is 0 Å². The summed E-state index contributed by atoms with van der Waals surface area (Å²) in [7, 11) is 0. The maximum atomic E-state index is 13.5. The maximum absolute atomic E-state index is 13.5. The van der Waals surface area contributed by atoms with Gasteiger partial charge in [0.05, 0.1) is 5.56 Å². The Morgan fingerprint density at radius 2 is 2.16 bits per heavy atom. The summed E-state index contributed by atoms with van der Waals surface area (Å²) in [6.07, 6.45) is 2.30. The summed E-state index contributed by atoms with van der Waals surface area (Å²) >= 11 is 4.09. The lowest BCUT2D eigenvalue weighted by atomic mass is 10.2. The lowest BCUT2D eigenvalue weighted by Gasteiger charge is -2.06. The quantitative estimate of drug-likeness (QED) is 0.842. The Morgan fingerprint density at radius 1 is 1.32 bits per heavy atom. The van der Waals surface area contributed by atoms with Gasteiger partial charge in [0.1, 0.15) is 5.82 Å². The molecule has 0 saturated carbocycles. The zero-order chi connectivity index (χ0) is 13.7. The molecule has 2 aromatic rings.